The van der Waals surface area contributed by atoms with Crippen LogP contribution in [0.1, 0.15) is 38.2 Å². The summed E-state index contributed by atoms with van der Waals surface area (Å²) in [4.78, 5) is 2.00. The first-order valence-electron chi connectivity index (χ1n) is 8.16. The minimum atomic E-state index is -0.247. The Hall–Kier alpha value is -1.17. The van der Waals surface area contributed by atoms with E-state index in [0.717, 1.165) is 18.4 Å². The minimum absolute atomic E-state index is 0.196. The Morgan fingerprint density at radius 1 is 1.36 bits per heavy atom. The zero-order chi connectivity index (χ0) is 15.9. The van der Waals surface area contributed by atoms with Gasteiger partial charge in [-0.3, -0.25) is 0 Å². The summed E-state index contributed by atoms with van der Waals surface area (Å²) in [5.41, 5.74) is 1.55. The molecule has 5 heteroatoms. The SMILES string of the molecule is CC(CCCO)NCc1ccc(N2CCC(O)CC2)c(F)c1. The number of hydrogen-bond donors (Lipinski definition) is 3. The standard InChI is InChI=1S/C17H27FN2O2/c1-13(3-2-10-21)19-12-14-4-5-17(16(18)11-14)20-8-6-15(22)7-9-20/h4-5,11,13,15,19,21-22H,2-3,6-10,12H2,1H3. The van der Waals surface area contributed by atoms with Crippen molar-refractivity contribution in [2.75, 3.05) is 24.6 Å². The van der Waals surface area contributed by atoms with Crippen LogP contribution in [-0.2, 0) is 6.54 Å². The average molecular weight is 310 g/mol. The molecule has 0 bridgehead atoms. The van der Waals surface area contributed by atoms with Gasteiger partial charge in [-0.05, 0) is 50.3 Å². The van der Waals surface area contributed by atoms with E-state index in [1.165, 1.54) is 0 Å². The van der Waals surface area contributed by atoms with E-state index in [9.17, 15) is 9.50 Å². The fourth-order valence-electron chi connectivity index (χ4n) is 2.82. The molecule has 0 spiro atoms. The quantitative estimate of drug-likeness (QED) is 0.721. The fraction of sp³-hybridized carbons (Fsp3) is 0.647. The van der Waals surface area contributed by atoms with Crippen LogP contribution in [0.15, 0.2) is 18.2 Å². The first kappa shape index (κ1) is 17.2. The van der Waals surface area contributed by atoms with Crippen molar-refractivity contribution in [3.05, 3.63) is 29.6 Å². The first-order valence-corrected chi connectivity index (χ1v) is 8.16. The Kier molecular flexibility index (Phi) is 6.61. The third-order valence-corrected chi connectivity index (χ3v) is 4.27. The molecule has 1 heterocycles. The number of nitrogens with zero attached hydrogens (tertiary/aromatic N) is 1. The Balaban J connectivity index is 1.89. The molecule has 1 atom stereocenters. The third kappa shape index (κ3) is 4.93. The lowest BCUT2D eigenvalue weighted by Crippen LogP contribution is -2.36. The van der Waals surface area contributed by atoms with Crippen molar-refractivity contribution in [1.29, 1.82) is 0 Å². The highest BCUT2D eigenvalue weighted by atomic mass is 19.1. The molecule has 0 radical (unpaired) electrons. The predicted molar refractivity (Wildman–Crippen MR) is 86.5 cm³/mol. The number of hydrogen-bond acceptors (Lipinski definition) is 4. The van der Waals surface area contributed by atoms with Gasteiger partial charge in [0.15, 0.2) is 0 Å². The summed E-state index contributed by atoms with van der Waals surface area (Å²) >= 11 is 0. The van der Waals surface area contributed by atoms with Crippen molar-refractivity contribution in [2.45, 2.75) is 51.3 Å². The van der Waals surface area contributed by atoms with E-state index < -0.39 is 0 Å². The van der Waals surface area contributed by atoms with E-state index in [0.29, 0.717) is 44.2 Å². The predicted octanol–water partition coefficient (Wildman–Crippen LogP) is 2.04. The van der Waals surface area contributed by atoms with Crippen LogP contribution < -0.4 is 10.2 Å². The monoisotopic (exact) mass is 310 g/mol. The maximum atomic E-state index is 14.3. The lowest BCUT2D eigenvalue weighted by atomic mass is 10.1. The van der Waals surface area contributed by atoms with Crippen LogP contribution in [0.3, 0.4) is 0 Å². The maximum Gasteiger partial charge on any atom is 0.146 e. The normalized spacial score (nSPS) is 17.7. The summed E-state index contributed by atoms with van der Waals surface area (Å²) in [7, 11) is 0. The molecule has 1 aliphatic heterocycles. The number of rotatable bonds is 7. The van der Waals surface area contributed by atoms with Gasteiger partial charge < -0.3 is 20.4 Å². The number of aliphatic hydroxyl groups is 2. The molecule has 4 nitrogen and oxygen atoms in total. The topological polar surface area (TPSA) is 55.7 Å². The molecule has 0 aliphatic carbocycles. The molecule has 22 heavy (non-hydrogen) atoms. The highest BCUT2D eigenvalue weighted by molar-refractivity contribution is 5.49. The molecule has 1 unspecified atom stereocenters. The van der Waals surface area contributed by atoms with Crippen molar-refractivity contribution in [1.82, 2.24) is 5.32 Å². The van der Waals surface area contributed by atoms with Gasteiger partial charge >= 0.3 is 0 Å². The summed E-state index contributed by atoms with van der Waals surface area (Å²) < 4.78 is 14.3. The van der Waals surface area contributed by atoms with Crippen molar-refractivity contribution in [3.63, 3.8) is 0 Å². The molecule has 3 N–H and O–H groups in total. The second kappa shape index (κ2) is 8.46. The molecular weight excluding hydrogens is 283 g/mol. The summed E-state index contributed by atoms with van der Waals surface area (Å²) in [6.07, 6.45) is 2.84. The van der Waals surface area contributed by atoms with Crippen LogP contribution in [0.4, 0.5) is 10.1 Å². The van der Waals surface area contributed by atoms with E-state index in [1.807, 2.05) is 17.0 Å². The van der Waals surface area contributed by atoms with E-state index >= 15 is 0 Å². The lowest BCUT2D eigenvalue weighted by molar-refractivity contribution is 0.145. The van der Waals surface area contributed by atoms with Crippen molar-refractivity contribution in [2.24, 2.45) is 0 Å². The van der Waals surface area contributed by atoms with Gasteiger partial charge in [0.05, 0.1) is 11.8 Å². The van der Waals surface area contributed by atoms with Crippen LogP contribution in [-0.4, -0.2) is 42.1 Å². The van der Waals surface area contributed by atoms with Gasteiger partial charge in [0.25, 0.3) is 0 Å². The number of benzene rings is 1. The largest absolute Gasteiger partial charge is 0.396 e. The maximum absolute atomic E-state index is 14.3. The summed E-state index contributed by atoms with van der Waals surface area (Å²) in [5, 5.41) is 21.7. The van der Waals surface area contributed by atoms with Crippen LogP contribution in [0.2, 0.25) is 0 Å². The average Bonchev–Trinajstić information content (AvgIpc) is 2.52. The van der Waals surface area contributed by atoms with Crippen LogP contribution in [0.25, 0.3) is 0 Å². The van der Waals surface area contributed by atoms with Gasteiger partial charge in [0.1, 0.15) is 5.82 Å². The molecule has 0 aromatic heterocycles. The Labute approximate surface area is 132 Å². The van der Waals surface area contributed by atoms with Crippen LogP contribution >= 0.6 is 0 Å². The second-order valence-corrected chi connectivity index (χ2v) is 6.15. The van der Waals surface area contributed by atoms with Crippen molar-refractivity contribution in [3.8, 4) is 0 Å². The molecule has 1 aliphatic rings. The van der Waals surface area contributed by atoms with E-state index in [-0.39, 0.29) is 18.5 Å². The Morgan fingerprint density at radius 3 is 2.73 bits per heavy atom. The molecule has 0 saturated carbocycles. The molecule has 1 aromatic carbocycles. The molecule has 1 aromatic rings. The van der Waals surface area contributed by atoms with Crippen molar-refractivity contribution >= 4 is 5.69 Å². The number of anilines is 1. The van der Waals surface area contributed by atoms with Gasteiger partial charge in [-0.1, -0.05) is 6.07 Å². The number of halogens is 1. The van der Waals surface area contributed by atoms with E-state index in [4.69, 9.17) is 5.11 Å². The number of aliphatic hydroxyl groups excluding tert-OH is 2. The Morgan fingerprint density at radius 2 is 2.09 bits per heavy atom. The summed E-state index contributed by atoms with van der Waals surface area (Å²) in [5.74, 6) is -0.196. The van der Waals surface area contributed by atoms with Crippen LogP contribution in [0.5, 0.6) is 0 Å². The first-order chi connectivity index (χ1) is 10.6. The fourth-order valence-corrected chi connectivity index (χ4v) is 2.82. The molecule has 2 rings (SSSR count). The highest BCUT2D eigenvalue weighted by Gasteiger charge is 2.19. The molecule has 1 fully saturated rings. The smallest absolute Gasteiger partial charge is 0.146 e. The van der Waals surface area contributed by atoms with Gasteiger partial charge in [-0.25, -0.2) is 4.39 Å². The molecule has 1 saturated heterocycles. The molecule has 124 valence electrons. The van der Waals surface area contributed by atoms with Gasteiger partial charge in [0, 0.05) is 32.3 Å². The van der Waals surface area contributed by atoms with Gasteiger partial charge in [-0.2, -0.15) is 0 Å². The lowest BCUT2D eigenvalue weighted by Gasteiger charge is -2.31. The molecular formula is C17H27FN2O2. The third-order valence-electron chi connectivity index (χ3n) is 4.27. The summed E-state index contributed by atoms with van der Waals surface area (Å²) in [6.45, 7) is 4.31. The highest BCUT2D eigenvalue weighted by Crippen LogP contribution is 2.24. The zero-order valence-electron chi connectivity index (χ0n) is 13.3. The van der Waals surface area contributed by atoms with Crippen LogP contribution in [0, 0.1) is 5.82 Å². The zero-order valence-corrected chi connectivity index (χ0v) is 13.3. The molecule has 0 amide bonds. The van der Waals surface area contributed by atoms with E-state index in [1.54, 1.807) is 6.07 Å². The Bertz CT molecular complexity index is 462. The van der Waals surface area contributed by atoms with E-state index in [2.05, 4.69) is 12.2 Å². The van der Waals surface area contributed by atoms with Gasteiger partial charge in [0.2, 0.25) is 0 Å². The number of piperidine rings is 1. The van der Waals surface area contributed by atoms with Gasteiger partial charge in [-0.15, -0.1) is 0 Å². The summed E-state index contributed by atoms with van der Waals surface area (Å²) in [6, 6.07) is 5.68. The van der Waals surface area contributed by atoms with Crippen molar-refractivity contribution < 1.29 is 14.6 Å². The number of nitrogens with one attached hydrogen (secondary N) is 1. The second-order valence-electron chi connectivity index (χ2n) is 6.15. The minimum Gasteiger partial charge on any atom is -0.396 e.